The molecule has 0 aromatic carbocycles. The minimum Gasteiger partial charge on any atom is -0.383 e. The minimum absolute atomic E-state index is 0.210. The second kappa shape index (κ2) is 6.62. The third-order valence-electron chi connectivity index (χ3n) is 2.13. The Morgan fingerprint density at radius 2 is 2.19 bits per heavy atom. The van der Waals surface area contributed by atoms with E-state index in [-0.39, 0.29) is 6.04 Å². The van der Waals surface area contributed by atoms with Crippen molar-refractivity contribution in [3.8, 4) is 0 Å². The van der Waals surface area contributed by atoms with Crippen molar-refractivity contribution in [2.75, 3.05) is 24.5 Å². The van der Waals surface area contributed by atoms with Crippen LogP contribution in [0.3, 0.4) is 0 Å². The van der Waals surface area contributed by atoms with E-state index in [1.165, 1.54) is 6.33 Å². The highest BCUT2D eigenvalue weighted by molar-refractivity contribution is 9.10. The van der Waals surface area contributed by atoms with E-state index in [1.807, 2.05) is 0 Å². The van der Waals surface area contributed by atoms with Crippen LogP contribution in [0.25, 0.3) is 0 Å². The Morgan fingerprint density at radius 1 is 1.50 bits per heavy atom. The molecule has 1 aromatic rings. The second-order valence-corrected chi connectivity index (χ2v) is 4.03. The first-order valence-electron chi connectivity index (χ1n) is 4.95. The van der Waals surface area contributed by atoms with Crippen LogP contribution in [-0.2, 0) is 4.74 Å². The van der Waals surface area contributed by atoms with Gasteiger partial charge in [-0.25, -0.2) is 15.8 Å². The maximum absolute atomic E-state index is 5.32. The average Bonchev–Trinajstić information content (AvgIpc) is 2.31. The second-order valence-electron chi connectivity index (χ2n) is 3.23. The summed E-state index contributed by atoms with van der Waals surface area (Å²) < 4.78 is 5.82. The lowest BCUT2D eigenvalue weighted by molar-refractivity contribution is 0.184. The number of hydrogen-bond acceptors (Lipinski definition) is 6. The van der Waals surface area contributed by atoms with Crippen molar-refractivity contribution in [3.05, 3.63) is 10.8 Å². The average molecular weight is 290 g/mol. The smallest absolute Gasteiger partial charge is 0.159 e. The van der Waals surface area contributed by atoms with Crippen molar-refractivity contribution < 1.29 is 4.74 Å². The number of hydrazine groups is 1. The van der Waals surface area contributed by atoms with E-state index in [1.54, 1.807) is 7.11 Å². The normalized spacial score (nSPS) is 12.2. The molecule has 1 heterocycles. The quantitative estimate of drug-likeness (QED) is 0.542. The van der Waals surface area contributed by atoms with Crippen LogP contribution in [0.15, 0.2) is 10.8 Å². The van der Waals surface area contributed by atoms with Gasteiger partial charge >= 0.3 is 0 Å². The molecule has 1 unspecified atom stereocenters. The zero-order valence-electron chi connectivity index (χ0n) is 9.33. The monoisotopic (exact) mass is 289 g/mol. The van der Waals surface area contributed by atoms with Crippen LogP contribution in [0.2, 0.25) is 0 Å². The number of anilines is 2. The molecule has 1 atom stereocenters. The van der Waals surface area contributed by atoms with Crippen molar-refractivity contribution >= 4 is 27.6 Å². The Kier molecular flexibility index (Phi) is 5.44. The molecule has 0 spiro atoms. The number of rotatable bonds is 6. The molecule has 0 saturated carbocycles. The van der Waals surface area contributed by atoms with Gasteiger partial charge in [0.1, 0.15) is 16.6 Å². The lowest BCUT2D eigenvalue weighted by Gasteiger charge is -2.17. The van der Waals surface area contributed by atoms with Gasteiger partial charge in [0.05, 0.1) is 12.6 Å². The van der Waals surface area contributed by atoms with E-state index in [0.29, 0.717) is 22.7 Å². The van der Waals surface area contributed by atoms with Gasteiger partial charge in [-0.1, -0.05) is 6.92 Å². The minimum atomic E-state index is 0.210. The van der Waals surface area contributed by atoms with Gasteiger partial charge in [0.2, 0.25) is 0 Å². The van der Waals surface area contributed by atoms with Crippen LogP contribution in [0.1, 0.15) is 13.3 Å². The maximum Gasteiger partial charge on any atom is 0.159 e. The number of aromatic nitrogens is 2. The molecule has 0 aliphatic carbocycles. The van der Waals surface area contributed by atoms with Crippen molar-refractivity contribution in [3.63, 3.8) is 0 Å². The summed E-state index contributed by atoms with van der Waals surface area (Å²) in [5.74, 6) is 6.57. The molecule has 4 N–H and O–H groups in total. The Hall–Kier alpha value is -0.920. The van der Waals surface area contributed by atoms with Crippen molar-refractivity contribution in [2.45, 2.75) is 19.4 Å². The van der Waals surface area contributed by atoms with Gasteiger partial charge in [-0.3, -0.25) is 0 Å². The third-order valence-corrected chi connectivity index (χ3v) is 2.88. The molecule has 0 radical (unpaired) electrons. The maximum atomic E-state index is 5.32. The Balaban J connectivity index is 2.79. The topological polar surface area (TPSA) is 85.1 Å². The van der Waals surface area contributed by atoms with Crippen molar-refractivity contribution in [1.82, 2.24) is 9.97 Å². The number of nitrogen functional groups attached to an aromatic ring is 1. The summed E-state index contributed by atoms with van der Waals surface area (Å²) in [7, 11) is 1.67. The highest BCUT2D eigenvalue weighted by atomic mass is 79.9. The first kappa shape index (κ1) is 13.1. The van der Waals surface area contributed by atoms with Crippen LogP contribution in [0, 0.1) is 0 Å². The molecule has 1 rings (SSSR count). The van der Waals surface area contributed by atoms with Crippen LogP contribution < -0.4 is 16.6 Å². The predicted molar refractivity (Wildman–Crippen MR) is 67.1 cm³/mol. The highest BCUT2D eigenvalue weighted by Gasteiger charge is 2.11. The number of ether oxygens (including phenoxy) is 1. The Bertz CT molecular complexity index is 336. The molecular formula is C9H16BrN5O. The molecule has 16 heavy (non-hydrogen) atoms. The standard InChI is InChI=1S/C9H16BrN5O/c1-3-6(4-16-2)14-8-7(10)9(15-11)13-5-12-8/h5-6H,3-4,11H2,1-2H3,(H2,12,13,14,15). The largest absolute Gasteiger partial charge is 0.383 e. The fraction of sp³-hybridized carbons (Fsp3) is 0.556. The molecular weight excluding hydrogens is 274 g/mol. The van der Waals surface area contributed by atoms with E-state index in [2.05, 4.69) is 43.6 Å². The van der Waals surface area contributed by atoms with Gasteiger partial charge in [0.15, 0.2) is 5.82 Å². The van der Waals surface area contributed by atoms with Crippen LogP contribution in [-0.4, -0.2) is 29.7 Å². The van der Waals surface area contributed by atoms with Gasteiger partial charge in [-0.2, -0.15) is 0 Å². The van der Waals surface area contributed by atoms with Crippen LogP contribution in [0.4, 0.5) is 11.6 Å². The van der Waals surface area contributed by atoms with E-state index in [9.17, 15) is 0 Å². The fourth-order valence-electron chi connectivity index (χ4n) is 1.23. The third kappa shape index (κ3) is 3.29. The summed E-state index contributed by atoms with van der Waals surface area (Å²) in [5.41, 5.74) is 2.49. The summed E-state index contributed by atoms with van der Waals surface area (Å²) in [4.78, 5) is 8.11. The van der Waals surface area contributed by atoms with E-state index in [4.69, 9.17) is 10.6 Å². The summed E-state index contributed by atoms with van der Waals surface area (Å²) in [6.45, 7) is 2.70. The molecule has 7 heteroatoms. The SMILES string of the molecule is CCC(COC)Nc1ncnc(NN)c1Br. The van der Waals surface area contributed by atoms with E-state index < -0.39 is 0 Å². The summed E-state index contributed by atoms with van der Waals surface area (Å²) in [6, 6.07) is 0.210. The number of nitrogens with one attached hydrogen (secondary N) is 2. The first-order chi connectivity index (χ1) is 7.72. The van der Waals surface area contributed by atoms with E-state index in [0.717, 1.165) is 6.42 Å². The summed E-state index contributed by atoms with van der Waals surface area (Å²) in [5, 5.41) is 3.25. The van der Waals surface area contributed by atoms with E-state index >= 15 is 0 Å². The molecule has 90 valence electrons. The van der Waals surface area contributed by atoms with Crippen LogP contribution in [0.5, 0.6) is 0 Å². The van der Waals surface area contributed by atoms with Crippen molar-refractivity contribution in [1.29, 1.82) is 0 Å². The molecule has 0 saturated heterocycles. The molecule has 1 aromatic heterocycles. The molecule has 0 amide bonds. The zero-order valence-corrected chi connectivity index (χ0v) is 10.9. The van der Waals surface area contributed by atoms with Gasteiger partial charge < -0.3 is 15.5 Å². The number of nitrogens with two attached hydrogens (primary N) is 1. The van der Waals surface area contributed by atoms with Crippen molar-refractivity contribution in [2.24, 2.45) is 5.84 Å². The highest BCUT2D eigenvalue weighted by Crippen LogP contribution is 2.26. The Morgan fingerprint density at radius 3 is 2.75 bits per heavy atom. The van der Waals surface area contributed by atoms with Gasteiger partial charge in [-0.15, -0.1) is 0 Å². The molecule has 0 aliphatic heterocycles. The Labute approximate surface area is 103 Å². The van der Waals surface area contributed by atoms with Gasteiger partial charge in [0, 0.05) is 7.11 Å². The molecule has 0 fully saturated rings. The molecule has 0 bridgehead atoms. The first-order valence-corrected chi connectivity index (χ1v) is 5.74. The van der Waals surface area contributed by atoms with Gasteiger partial charge in [-0.05, 0) is 22.4 Å². The van der Waals surface area contributed by atoms with Crippen LogP contribution >= 0.6 is 15.9 Å². The number of hydrogen-bond donors (Lipinski definition) is 3. The summed E-state index contributed by atoms with van der Waals surface area (Å²) >= 11 is 3.38. The predicted octanol–water partition coefficient (Wildman–Crippen LogP) is 1.36. The zero-order chi connectivity index (χ0) is 12.0. The number of halogens is 1. The molecule has 6 nitrogen and oxygen atoms in total. The fourth-order valence-corrected chi connectivity index (χ4v) is 1.66. The lowest BCUT2D eigenvalue weighted by atomic mass is 10.2. The summed E-state index contributed by atoms with van der Waals surface area (Å²) in [6.07, 6.45) is 2.39. The lowest BCUT2D eigenvalue weighted by Crippen LogP contribution is -2.25. The number of methoxy groups -OCH3 is 1. The van der Waals surface area contributed by atoms with Gasteiger partial charge in [0.25, 0.3) is 0 Å². The number of nitrogens with zero attached hydrogens (tertiary/aromatic N) is 2. The molecule has 0 aliphatic rings.